The number of carbonyl (C=O) groups excluding carboxylic acids is 1. The molecular formula is C15H29FO2S. The maximum atomic E-state index is 12.6. The van der Waals surface area contributed by atoms with E-state index >= 15 is 0 Å². The lowest BCUT2D eigenvalue weighted by atomic mass is 10.1. The second-order valence-electron chi connectivity index (χ2n) is 5.84. The Labute approximate surface area is 121 Å². The minimum Gasteiger partial charge on any atom is -0.465 e. The number of esters is 1. The topological polar surface area (TPSA) is 26.3 Å². The summed E-state index contributed by atoms with van der Waals surface area (Å²) >= 11 is 1.64. The molecule has 0 rings (SSSR count). The van der Waals surface area contributed by atoms with Gasteiger partial charge in [0.2, 0.25) is 0 Å². The lowest BCUT2D eigenvalue weighted by molar-refractivity contribution is -0.144. The third-order valence-electron chi connectivity index (χ3n) is 2.69. The fourth-order valence-corrected chi connectivity index (χ4v) is 2.82. The van der Waals surface area contributed by atoms with Crippen LogP contribution in [0.3, 0.4) is 0 Å². The van der Waals surface area contributed by atoms with Gasteiger partial charge < -0.3 is 4.74 Å². The molecule has 2 unspecified atom stereocenters. The SMILES string of the molecule is CC(C)COC(=O)C(SCCCCC(C)F)C(C)C. The number of rotatable bonds is 10. The average molecular weight is 292 g/mol. The summed E-state index contributed by atoms with van der Waals surface area (Å²) in [6, 6.07) is 0. The zero-order chi connectivity index (χ0) is 14.8. The van der Waals surface area contributed by atoms with E-state index in [1.807, 2.05) is 27.7 Å². The lowest BCUT2D eigenvalue weighted by Crippen LogP contribution is -2.27. The van der Waals surface area contributed by atoms with Crippen LogP contribution in [-0.4, -0.2) is 29.8 Å². The van der Waals surface area contributed by atoms with Gasteiger partial charge in [-0.1, -0.05) is 27.7 Å². The maximum absolute atomic E-state index is 12.6. The molecule has 2 atom stereocenters. The van der Waals surface area contributed by atoms with Crippen molar-refractivity contribution in [3.8, 4) is 0 Å². The highest BCUT2D eigenvalue weighted by Crippen LogP contribution is 2.23. The maximum Gasteiger partial charge on any atom is 0.319 e. The van der Waals surface area contributed by atoms with Gasteiger partial charge in [-0.3, -0.25) is 4.79 Å². The largest absolute Gasteiger partial charge is 0.465 e. The summed E-state index contributed by atoms with van der Waals surface area (Å²) in [6.45, 7) is 10.2. The Kier molecular flexibility index (Phi) is 10.4. The molecule has 0 spiro atoms. The predicted molar refractivity (Wildman–Crippen MR) is 81.3 cm³/mol. The van der Waals surface area contributed by atoms with Crippen LogP contribution in [-0.2, 0) is 9.53 Å². The van der Waals surface area contributed by atoms with Gasteiger partial charge in [-0.05, 0) is 43.8 Å². The number of carbonyl (C=O) groups is 1. The van der Waals surface area contributed by atoms with Crippen LogP contribution < -0.4 is 0 Å². The molecule has 0 radical (unpaired) electrons. The van der Waals surface area contributed by atoms with Crippen molar-refractivity contribution < 1.29 is 13.9 Å². The molecule has 0 aliphatic heterocycles. The number of unbranched alkanes of at least 4 members (excludes halogenated alkanes) is 1. The molecule has 2 nitrogen and oxygen atoms in total. The fourth-order valence-electron chi connectivity index (χ4n) is 1.60. The van der Waals surface area contributed by atoms with Crippen molar-refractivity contribution in [3.63, 3.8) is 0 Å². The number of alkyl halides is 1. The van der Waals surface area contributed by atoms with Gasteiger partial charge in [0.1, 0.15) is 5.25 Å². The zero-order valence-electron chi connectivity index (χ0n) is 12.9. The van der Waals surface area contributed by atoms with Crippen LogP contribution in [0.5, 0.6) is 0 Å². The summed E-state index contributed by atoms with van der Waals surface area (Å²) in [7, 11) is 0. The van der Waals surface area contributed by atoms with E-state index in [9.17, 15) is 9.18 Å². The standard InChI is InChI=1S/C15H29FO2S/c1-11(2)10-18-15(17)14(12(3)4)19-9-7-6-8-13(5)16/h11-14H,6-10H2,1-5H3. The molecular weight excluding hydrogens is 263 g/mol. The Morgan fingerprint density at radius 1 is 1.16 bits per heavy atom. The average Bonchev–Trinajstić information content (AvgIpc) is 2.29. The van der Waals surface area contributed by atoms with Gasteiger partial charge >= 0.3 is 5.97 Å². The van der Waals surface area contributed by atoms with Gasteiger partial charge in [-0.2, -0.15) is 0 Å². The van der Waals surface area contributed by atoms with Gasteiger partial charge in [-0.25, -0.2) is 4.39 Å². The van der Waals surface area contributed by atoms with Crippen molar-refractivity contribution in [2.45, 2.75) is 65.3 Å². The van der Waals surface area contributed by atoms with Crippen molar-refractivity contribution >= 4 is 17.7 Å². The monoisotopic (exact) mass is 292 g/mol. The van der Waals surface area contributed by atoms with Gasteiger partial charge in [0.25, 0.3) is 0 Å². The first-order chi connectivity index (χ1) is 8.84. The normalized spacial score (nSPS) is 14.7. The molecule has 0 aromatic rings. The molecule has 0 amide bonds. The number of halogens is 1. The van der Waals surface area contributed by atoms with Crippen LogP contribution in [0.15, 0.2) is 0 Å². The zero-order valence-corrected chi connectivity index (χ0v) is 13.8. The first kappa shape index (κ1) is 18.8. The van der Waals surface area contributed by atoms with E-state index in [4.69, 9.17) is 4.74 Å². The van der Waals surface area contributed by atoms with Gasteiger partial charge in [0.15, 0.2) is 0 Å². The molecule has 0 N–H and O–H groups in total. The van der Waals surface area contributed by atoms with Crippen LogP contribution >= 0.6 is 11.8 Å². The smallest absolute Gasteiger partial charge is 0.319 e. The molecule has 0 aromatic carbocycles. The molecule has 0 aromatic heterocycles. The van der Waals surface area contributed by atoms with E-state index in [2.05, 4.69) is 0 Å². The summed E-state index contributed by atoms with van der Waals surface area (Å²) in [5.41, 5.74) is 0. The molecule has 0 heterocycles. The molecule has 0 aliphatic rings. The summed E-state index contributed by atoms with van der Waals surface area (Å²) in [4.78, 5) is 12.0. The Morgan fingerprint density at radius 2 is 1.79 bits per heavy atom. The molecule has 0 bridgehead atoms. The lowest BCUT2D eigenvalue weighted by Gasteiger charge is -2.19. The van der Waals surface area contributed by atoms with E-state index in [0.29, 0.717) is 18.9 Å². The molecule has 114 valence electrons. The van der Waals surface area contributed by atoms with Crippen molar-refractivity contribution in [2.24, 2.45) is 11.8 Å². The quantitative estimate of drug-likeness (QED) is 0.439. The van der Waals surface area contributed by atoms with Gasteiger partial charge in [0.05, 0.1) is 12.8 Å². The second kappa shape index (κ2) is 10.5. The number of thioether (sulfide) groups is 1. The minimum absolute atomic E-state index is 0.0958. The Balaban J connectivity index is 3.95. The van der Waals surface area contributed by atoms with Crippen molar-refractivity contribution in [2.75, 3.05) is 12.4 Å². The van der Waals surface area contributed by atoms with E-state index in [1.54, 1.807) is 18.7 Å². The minimum atomic E-state index is -0.720. The fraction of sp³-hybridized carbons (Fsp3) is 0.933. The first-order valence-electron chi connectivity index (χ1n) is 7.26. The van der Waals surface area contributed by atoms with Crippen LogP contribution in [0.2, 0.25) is 0 Å². The van der Waals surface area contributed by atoms with Gasteiger partial charge in [-0.15, -0.1) is 11.8 Å². The van der Waals surface area contributed by atoms with E-state index in [1.165, 1.54) is 0 Å². The second-order valence-corrected chi connectivity index (χ2v) is 7.09. The number of ether oxygens (including phenoxy) is 1. The highest BCUT2D eigenvalue weighted by Gasteiger charge is 2.24. The highest BCUT2D eigenvalue weighted by atomic mass is 32.2. The van der Waals surface area contributed by atoms with E-state index < -0.39 is 6.17 Å². The Morgan fingerprint density at radius 3 is 2.26 bits per heavy atom. The summed E-state index contributed by atoms with van der Waals surface area (Å²) < 4.78 is 17.9. The Hall–Kier alpha value is -0.250. The van der Waals surface area contributed by atoms with Crippen LogP contribution in [0.4, 0.5) is 4.39 Å². The van der Waals surface area contributed by atoms with E-state index in [0.717, 1.165) is 18.6 Å². The van der Waals surface area contributed by atoms with E-state index in [-0.39, 0.29) is 17.1 Å². The van der Waals surface area contributed by atoms with Gasteiger partial charge in [0, 0.05) is 0 Å². The molecule has 0 saturated heterocycles. The number of hydrogen-bond donors (Lipinski definition) is 0. The van der Waals surface area contributed by atoms with Crippen LogP contribution in [0.25, 0.3) is 0 Å². The molecule has 0 aliphatic carbocycles. The summed E-state index contributed by atoms with van der Waals surface area (Å²) in [5.74, 6) is 1.43. The van der Waals surface area contributed by atoms with Crippen molar-refractivity contribution in [3.05, 3.63) is 0 Å². The van der Waals surface area contributed by atoms with Crippen LogP contribution in [0, 0.1) is 11.8 Å². The summed E-state index contributed by atoms with van der Waals surface area (Å²) in [5, 5.41) is -0.0958. The third kappa shape index (κ3) is 10.2. The predicted octanol–water partition coefficient (Wildman–Crippen LogP) is 4.47. The highest BCUT2D eigenvalue weighted by molar-refractivity contribution is 8.00. The Bertz CT molecular complexity index is 242. The first-order valence-corrected chi connectivity index (χ1v) is 8.31. The molecule has 0 fully saturated rings. The van der Waals surface area contributed by atoms with Crippen molar-refractivity contribution in [1.29, 1.82) is 0 Å². The molecule has 0 saturated carbocycles. The molecule has 4 heteroatoms. The molecule has 19 heavy (non-hydrogen) atoms. The van der Waals surface area contributed by atoms with Crippen molar-refractivity contribution in [1.82, 2.24) is 0 Å². The van der Waals surface area contributed by atoms with Crippen LogP contribution in [0.1, 0.15) is 53.9 Å². The summed E-state index contributed by atoms with van der Waals surface area (Å²) in [6.07, 6.45) is 1.74. The number of hydrogen-bond acceptors (Lipinski definition) is 3. The third-order valence-corrected chi connectivity index (χ3v) is 4.31.